The van der Waals surface area contributed by atoms with Crippen LogP contribution >= 0.6 is 0 Å². The lowest BCUT2D eigenvalue weighted by Crippen LogP contribution is -2.65. The van der Waals surface area contributed by atoms with Gasteiger partial charge in [-0.2, -0.15) is 0 Å². The zero-order chi connectivity index (χ0) is 12.8. The highest BCUT2D eigenvalue weighted by Gasteiger charge is 2.66. The van der Waals surface area contributed by atoms with E-state index in [1.54, 1.807) is 0 Å². The fourth-order valence-electron chi connectivity index (χ4n) is 3.26. The van der Waals surface area contributed by atoms with Crippen molar-refractivity contribution in [2.24, 2.45) is 5.41 Å². The quantitative estimate of drug-likeness (QED) is 0.772. The number of furan rings is 1. The van der Waals surface area contributed by atoms with Crippen LogP contribution in [0.4, 0.5) is 0 Å². The molecule has 0 spiro atoms. The number of hydrogen-bond donors (Lipinski definition) is 0. The highest BCUT2D eigenvalue weighted by atomic mass is 16.5. The van der Waals surface area contributed by atoms with E-state index >= 15 is 0 Å². The van der Waals surface area contributed by atoms with Gasteiger partial charge >= 0.3 is 5.97 Å². The Hall–Kier alpha value is -1.29. The highest BCUT2D eigenvalue weighted by Crippen LogP contribution is 2.59. The van der Waals surface area contributed by atoms with Gasteiger partial charge in [0, 0.05) is 0 Å². The molecule has 1 aliphatic carbocycles. The first-order valence-corrected chi connectivity index (χ1v) is 6.38. The highest BCUT2D eigenvalue weighted by molar-refractivity contribution is 5.80. The second-order valence-electron chi connectivity index (χ2n) is 5.41. The van der Waals surface area contributed by atoms with Gasteiger partial charge in [-0.3, -0.25) is 4.79 Å². The number of carbonyl (C=O) groups is 1. The molecule has 1 aromatic rings. The van der Waals surface area contributed by atoms with Crippen LogP contribution in [0, 0.1) is 12.3 Å². The summed E-state index contributed by atoms with van der Waals surface area (Å²) in [6.45, 7) is 3.02. The fourth-order valence-corrected chi connectivity index (χ4v) is 3.26. The molecule has 0 radical (unpaired) electrons. The lowest BCUT2D eigenvalue weighted by atomic mass is 9.51. The van der Waals surface area contributed by atoms with Gasteiger partial charge in [0.2, 0.25) is 0 Å². The number of methoxy groups -OCH3 is 1. The topological polar surface area (TPSA) is 48.7 Å². The monoisotopic (exact) mass is 250 g/mol. The van der Waals surface area contributed by atoms with Gasteiger partial charge in [0.05, 0.1) is 31.2 Å². The van der Waals surface area contributed by atoms with Crippen LogP contribution in [0.2, 0.25) is 0 Å². The number of aryl methyl sites for hydroxylation is 1. The van der Waals surface area contributed by atoms with Crippen molar-refractivity contribution in [1.82, 2.24) is 0 Å². The van der Waals surface area contributed by atoms with Gasteiger partial charge in [-0.15, -0.1) is 0 Å². The van der Waals surface area contributed by atoms with Crippen molar-refractivity contribution < 1.29 is 18.7 Å². The Morgan fingerprint density at radius 3 is 2.39 bits per heavy atom. The van der Waals surface area contributed by atoms with Crippen molar-refractivity contribution in [3.63, 3.8) is 0 Å². The second kappa shape index (κ2) is 3.85. The minimum absolute atomic E-state index is 0.119. The van der Waals surface area contributed by atoms with Crippen LogP contribution < -0.4 is 0 Å². The number of hydrogen-bond acceptors (Lipinski definition) is 4. The van der Waals surface area contributed by atoms with Crippen molar-refractivity contribution in [2.75, 3.05) is 20.3 Å². The molecule has 4 heteroatoms. The van der Waals surface area contributed by atoms with Crippen molar-refractivity contribution in [2.45, 2.75) is 31.6 Å². The lowest BCUT2D eigenvalue weighted by molar-refractivity contribution is -0.198. The summed E-state index contributed by atoms with van der Waals surface area (Å²) in [7, 11) is 1.46. The van der Waals surface area contributed by atoms with E-state index in [2.05, 4.69) is 0 Å². The van der Waals surface area contributed by atoms with Crippen LogP contribution in [0.25, 0.3) is 0 Å². The Morgan fingerprint density at radius 2 is 2.06 bits per heavy atom. The van der Waals surface area contributed by atoms with E-state index in [0.29, 0.717) is 13.2 Å². The molecule has 0 bridgehead atoms. The first kappa shape index (κ1) is 11.8. The Labute approximate surface area is 106 Å². The van der Waals surface area contributed by atoms with E-state index < -0.39 is 5.41 Å². The maximum Gasteiger partial charge on any atom is 0.313 e. The minimum atomic E-state index is -0.440. The zero-order valence-corrected chi connectivity index (χ0v) is 10.8. The van der Waals surface area contributed by atoms with E-state index in [1.807, 2.05) is 19.1 Å². The molecule has 1 saturated carbocycles. The predicted octanol–water partition coefficient (Wildman–Crippen LogP) is 2.20. The fraction of sp³-hybridized carbons (Fsp3) is 0.643. The SMILES string of the molecule is COC(=O)C1(C2(c3ccc(C)o3)COC2)CCC1. The summed E-state index contributed by atoms with van der Waals surface area (Å²) in [4.78, 5) is 12.2. The van der Waals surface area contributed by atoms with Crippen molar-refractivity contribution in [3.8, 4) is 0 Å². The molecule has 2 fully saturated rings. The normalized spacial score (nSPS) is 23.9. The third-order valence-electron chi connectivity index (χ3n) is 4.61. The van der Waals surface area contributed by atoms with Crippen molar-refractivity contribution >= 4 is 5.97 Å². The first-order valence-electron chi connectivity index (χ1n) is 6.38. The van der Waals surface area contributed by atoms with Crippen LogP contribution in [0.15, 0.2) is 16.5 Å². The van der Waals surface area contributed by atoms with Gasteiger partial charge in [0.15, 0.2) is 0 Å². The van der Waals surface area contributed by atoms with E-state index in [1.165, 1.54) is 7.11 Å². The minimum Gasteiger partial charge on any atom is -0.469 e. The molecule has 1 aromatic heterocycles. The maximum absolute atomic E-state index is 12.2. The van der Waals surface area contributed by atoms with Crippen LogP contribution in [0.1, 0.15) is 30.8 Å². The molecule has 1 aliphatic heterocycles. The molecular weight excluding hydrogens is 232 g/mol. The summed E-state index contributed by atoms with van der Waals surface area (Å²) < 4.78 is 16.2. The van der Waals surface area contributed by atoms with E-state index in [-0.39, 0.29) is 11.4 Å². The maximum atomic E-state index is 12.2. The molecule has 0 aromatic carbocycles. The summed E-state index contributed by atoms with van der Waals surface area (Å²) in [5.74, 6) is 1.62. The van der Waals surface area contributed by atoms with E-state index in [9.17, 15) is 4.79 Å². The standard InChI is InChI=1S/C14H18O4/c1-10-4-5-11(18-10)14(8-17-9-14)13(6-3-7-13)12(15)16-2/h4-5H,3,6-9H2,1-2H3. The molecule has 18 heavy (non-hydrogen) atoms. The van der Waals surface area contributed by atoms with E-state index in [0.717, 1.165) is 30.8 Å². The van der Waals surface area contributed by atoms with Crippen LogP contribution in [-0.2, 0) is 19.7 Å². The Bertz CT molecular complexity index is 466. The van der Waals surface area contributed by atoms with Crippen LogP contribution in [-0.4, -0.2) is 26.3 Å². The van der Waals surface area contributed by atoms with Crippen molar-refractivity contribution in [1.29, 1.82) is 0 Å². The van der Waals surface area contributed by atoms with Gasteiger partial charge in [-0.25, -0.2) is 0 Å². The molecule has 0 N–H and O–H groups in total. The average Bonchev–Trinajstić information content (AvgIpc) is 2.66. The molecule has 0 atom stereocenters. The molecule has 2 aliphatic rings. The number of carbonyl (C=O) groups excluding carboxylic acids is 1. The summed E-state index contributed by atoms with van der Waals surface area (Å²) in [5.41, 5.74) is -0.753. The molecular formula is C14H18O4. The molecule has 0 amide bonds. The zero-order valence-electron chi connectivity index (χ0n) is 10.8. The first-order chi connectivity index (χ1) is 8.64. The van der Waals surface area contributed by atoms with Gasteiger partial charge in [-0.05, 0) is 31.9 Å². The number of ether oxygens (including phenoxy) is 2. The van der Waals surface area contributed by atoms with Crippen LogP contribution in [0.5, 0.6) is 0 Å². The van der Waals surface area contributed by atoms with E-state index in [4.69, 9.17) is 13.9 Å². The Balaban J connectivity index is 2.03. The summed E-state index contributed by atoms with van der Waals surface area (Å²) >= 11 is 0. The third kappa shape index (κ3) is 1.27. The van der Waals surface area contributed by atoms with Gasteiger partial charge < -0.3 is 13.9 Å². The molecule has 0 unspecified atom stereocenters. The predicted molar refractivity (Wildman–Crippen MR) is 64.2 cm³/mol. The largest absolute Gasteiger partial charge is 0.469 e. The molecule has 1 saturated heterocycles. The number of rotatable bonds is 3. The molecule has 98 valence electrons. The van der Waals surface area contributed by atoms with Crippen LogP contribution in [0.3, 0.4) is 0 Å². The summed E-state index contributed by atoms with van der Waals surface area (Å²) in [6, 6.07) is 3.92. The molecule has 2 heterocycles. The van der Waals surface area contributed by atoms with Crippen molar-refractivity contribution in [3.05, 3.63) is 23.7 Å². The van der Waals surface area contributed by atoms with Gasteiger partial charge in [0.1, 0.15) is 11.5 Å². The lowest BCUT2D eigenvalue weighted by Gasteiger charge is -2.56. The van der Waals surface area contributed by atoms with Gasteiger partial charge in [0.25, 0.3) is 0 Å². The molecule has 4 nitrogen and oxygen atoms in total. The molecule has 3 rings (SSSR count). The van der Waals surface area contributed by atoms with Gasteiger partial charge in [-0.1, -0.05) is 6.42 Å². The Kier molecular flexibility index (Phi) is 2.52. The third-order valence-corrected chi connectivity index (χ3v) is 4.61. The summed E-state index contributed by atoms with van der Waals surface area (Å²) in [5, 5.41) is 0. The second-order valence-corrected chi connectivity index (χ2v) is 5.41. The number of esters is 1. The summed E-state index contributed by atoms with van der Waals surface area (Å²) in [6.07, 6.45) is 2.79. The average molecular weight is 250 g/mol. The smallest absolute Gasteiger partial charge is 0.313 e. The Morgan fingerprint density at radius 1 is 1.33 bits per heavy atom.